The molecule has 0 aliphatic rings. The first kappa shape index (κ1) is 14.1. The fraction of sp³-hybridized carbons (Fsp3) is 0.417. The Kier molecular flexibility index (Phi) is 4.79. The fourth-order valence-electron chi connectivity index (χ4n) is 1.58. The highest BCUT2D eigenvalue weighted by atomic mass is 16.6. The third-order valence-electron chi connectivity index (χ3n) is 2.63. The average molecular weight is 251 g/mol. The molecule has 18 heavy (non-hydrogen) atoms. The highest BCUT2D eigenvalue weighted by Gasteiger charge is 2.17. The van der Waals surface area contributed by atoms with Crippen molar-refractivity contribution in [3.05, 3.63) is 39.4 Å². The number of nitro benzene ring substituents is 1. The van der Waals surface area contributed by atoms with Gasteiger partial charge in [0.1, 0.15) is 0 Å². The van der Waals surface area contributed by atoms with Gasteiger partial charge in [-0.3, -0.25) is 14.9 Å². The minimum atomic E-state index is -0.492. The first-order valence-corrected chi connectivity index (χ1v) is 5.71. The molecule has 1 aromatic carbocycles. The molecular formula is C12H17N3O3. The summed E-state index contributed by atoms with van der Waals surface area (Å²) in [5.41, 5.74) is 6.23. The molecule has 0 aliphatic heterocycles. The highest BCUT2D eigenvalue weighted by molar-refractivity contribution is 5.96. The summed E-state index contributed by atoms with van der Waals surface area (Å²) in [5.74, 6) is -0.308. The lowest BCUT2D eigenvalue weighted by atomic mass is 10.1. The second kappa shape index (κ2) is 6.11. The SMILES string of the molecule is Cc1c(C(=O)NCCC(C)N)cccc1[N+](=O)[O-]. The lowest BCUT2D eigenvalue weighted by Gasteiger charge is -2.09. The van der Waals surface area contributed by atoms with E-state index in [0.717, 1.165) is 0 Å². The molecule has 1 unspecified atom stereocenters. The maximum Gasteiger partial charge on any atom is 0.273 e. The zero-order valence-electron chi connectivity index (χ0n) is 10.5. The molecule has 1 aromatic rings. The Labute approximate surface area is 105 Å². The number of hydrogen-bond acceptors (Lipinski definition) is 4. The number of nitrogens with two attached hydrogens (primary N) is 1. The molecule has 3 N–H and O–H groups in total. The molecule has 0 saturated heterocycles. The van der Waals surface area contributed by atoms with E-state index >= 15 is 0 Å². The second-order valence-corrected chi connectivity index (χ2v) is 4.23. The zero-order chi connectivity index (χ0) is 13.7. The molecule has 6 heteroatoms. The Hall–Kier alpha value is -1.95. The summed E-state index contributed by atoms with van der Waals surface area (Å²) in [6, 6.07) is 4.47. The average Bonchev–Trinajstić information content (AvgIpc) is 2.28. The molecule has 0 heterocycles. The molecule has 1 rings (SSSR count). The number of carbonyl (C=O) groups excluding carboxylic acids is 1. The van der Waals surface area contributed by atoms with Crippen LogP contribution in [-0.4, -0.2) is 23.4 Å². The van der Waals surface area contributed by atoms with Gasteiger partial charge in [0, 0.05) is 29.8 Å². The molecule has 1 atom stereocenters. The topological polar surface area (TPSA) is 98.3 Å². The zero-order valence-corrected chi connectivity index (χ0v) is 10.5. The summed E-state index contributed by atoms with van der Waals surface area (Å²) in [6.45, 7) is 3.88. The van der Waals surface area contributed by atoms with Crippen LogP contribution in [-0.2, 0) is 0 Å². The molecule has 6 nitrogen and oxygen atoms in total. The van der Waals surface area contributed by atoms with Gasteiger partial charge in [-0.05, 0) is 26.3 Å². The Morgan fingerprint density at radius 3 is 2.78 bits per heavy atom. The van der Waals surface area contributed by atoms with Crippen molar-refractivity contribution in [3.63, 3.8) is 0 Å². The van der Waals surface area contributed by atoms with Gasteiger partial charge >= 0.3 is 0 Å². The van der Waals surface area contributed by atoms with E-state index in [9.17, 15) is 14.9 Å². The normalized spacial score (nSPS) is 11.9. The molecule has 0 bridgehead atoms. The van der Waals surface area contributed by atoms with Crippen molar-refractivity contribution in [2.75, 3.05) is 6.54 Å². The monoisotopic (exact) mass is 251 g/mol. The van der Waals surface area contributed by atoms with E-state index in [4.69, 9.17) is 5.73 Å². The summed E-state index contributed by atoms with van der Waals surface area (Å²) < 4.78 is 0. The van der Waals surface area contributed by atoms with Crippen LogP contribution < -0.4 is 11.1 Å². The van der Waals surface area contributed by atoms with Gasteiger partial charge in [-0.1, -0.05) is 6.07 Å². The summed E-state index contributed by atoms with van der Waals surface area (Å²) in [5, 5.41) is 13.5. The summed E-state index contributed by atoms with van der Waals surface area (Å²) >= 11 is 0. The lowest BCUT2D eigenvalue weighted by Crippen LogP contribution is -2.29. The Bertz CT molecular complexity index is 458. The smallest absolute Gasteiger partial charge is 0.273 e. The maximum atomic E-state index is 11.8. The van der Waals surface area contributed by atoms with Crippen LogP contribution in [0, 0.1) is 17.0 Å². The predicted molar refractivity (Wildman–Crippen MR) is 68.4 cm³/mol. The highest BCUT2D eigenvalue weighted by Crippen LogP contribution is 2.20. The Balaban J connectivity index is 2.80. The molecule has 0 spiro atoms. The van der Waals surface area contributed by atoms with E-state index in [1.54, 1.807) is 13.0 Å². The van der Waals surface area contributed by atoms with E-state index in [-0.39, 0.29) is 17.6 Å². The van der Waals surface area contributed by atoms with Gasteiger partial charge < -0.3 is 11.1 Å². The van der Waals surface area contributed by atoms with E-state index in [2.05, 4.69) is 5.32 Å². The van der Waals surface area contributed by atoms with Crippen LogP contribution in [0.15, 0.2) is 18.2 Å². The molecular weight excluding hydrogens is 234 g/mol. The van der Waals surface area contributed by atoms with Gasteiger partial charge in [0.05, 0.1) is 4.92 Å². The van der Waals surface area contributed by atoms with E-state index < -0.39 is 4.92 Å². The molecule has 98 valence electrons. The van der Waals surface area contributed by atoms with Crippen molar-refractivity contribution in [1.82, 2.24) is 5.32 Å². The molecule has 0 aromatic heterocycles. The first-order valence-electron chi connectivity index (χ1n) is 5.71. The standard InChI is InChI=1S/C12H17N3O3/c1-8(13)6-7-14-12(16)10-4-3-5-11(9(10)2)15(17)18/h3-5,8H,6-7,13H2,1-2H3,(H,14,16). The number of carbonyl (C=O) groups is 1. The van der Waals surface area contributed by atoms with Gasteiger partial charge in [-0.15, -0.1) is 0 Å². The molecule has 0 fully saturated rings. The molecule has 0 aliphatic carbocycles. The summed E-state index contributed by atoms with van der Waals surface area (Å²) in [7, 11) is 0. The van der Waals surface area contributed by atoms with Gasteiger partial charge in [-0.25, -0.2) is 0 Å². The second-order valence-electron chi connectivity index (χ2n) is 4.23. The van der Waals surface area contributed by atoms with Crippen LogP contribution >= 0.6 is 0 Å². The van der Waals surface area contributed by atoms with Crippen LogP contribution in [0.3, 0.4) is 0 Å². The number of nitro groups is 1. The van der Waals surface area contributed by atoms with Gasteiger partial charge in [0.25, 0.3) is 11.6 Å². The lowest BCUT2D eigenvalue weighted by molar-refractivity contribution is -0.385. The Morgan fingerprint density at radius 2 is 2.22 bits per heavy atom. The largest absolute Gasteiger partial charge is 0.352 e. The van der Waals surface area contributed by atoms with Gasteiger partial charge in [0.15, 0.2) is 0 Å². The minimum Gasteiger partial charge on any atom is -0.352 e. The van der Waals surface area contributed by atoms with Crippen molar-refractivity contribution >= 4 is 11.6 Å². The van der Waals surface area contributed by atoms with Gasteiger partial charge in [-0.2, -0.15) is 0 Å². The first-order chi connectivity index (χ1) is 8.43. The van der Waals surface area contributed by atoms with Crippen molar-refractivity contribution in [2.24, 2.45) is 5.73 Å². The third kappa shape index (κ3) is 3.53. The number of nitrogens with one attached hydrogen (secondary N) is 1. The number of hydrogen-bond donors (Lipinski definition) is 2. The number of rotatable bonds is 5. The van der Waals surface area contributed by atoms with Crippen LogP contribution in [0.25, 0.3) is 0 Å². The molecule has 0 saturated carbocycles. The van der Waals surface area contributed by atoms with Crippen LogP contribution in [0.1, 0.15) is 29.3 Å². The van der Waals surface area contributed by atoms with E-state index in [1.807, 2.05) is 6.92 Å². The number of amides is 1. The van der Waals surface area contributed by atoms with Crippen LogP contribution in [0.5, 0.6) is 0 Å². The van der Waals surface area contributed by atoms with E-state index in [1.165, 1.54) is 12.1 Å². The Morgan fingerprint density at radius 1 is 1.56 bits per heavy atom. The molecule has 0 radical (unpaired) electrons. The van der Waals surface area contributed by atoms with Crippen molar-refractivity contribution in [2.45, 2.75) is 26.3 Å². The third-order valence-corrected chi connectivity index (χ3v) is 2.63. The van der Waals surface area contributed by atoms with E-state index in [0.29, 0.717) is 24.1 Å². The summed E-state index contributed by atoms with van der Waals surface area (Å²) in [4.78, 5) is 22.1. The maximum absolute atomic E-state index is 11.8. The minimum absolute atomic E-state index is 0.0107. The molecule has 1 amide bonds. The van der Waals surface area contributed by atoms with Crippen molar-refractivity contribution in [1.29, 1.82) is 0 Å². The van der Waals surface area contributed by atoms with Crippen molar-refractivity contribution < 1.29 is 9.72 Å². The number of benzene rings is 1. The quantitative estimate of drug-likeness (QED) is 0.610. The fourth-order valence-corrected chi connectivity index (χ4v) is 1.58. The predicted octanol–water partition coefficient (Wildman–Crippen LogP) is 1.37. The van der Waals surface area contributed by atoms with Crippen LogP contribution in [0.4, 0.5) is 5.69 Å². The summed E-state index contributed by atoms with van der Waals surface area (Å²) in [6.07, 6.45) is 0.666. The van der Waals surface area contributed by atoms with Gasteiger partial charge in [0.2, 0.25) is 0 Å². The van der Waals surface area contributed by atoms with Crippen LogP contribution in [0.2, 0.25) is 0 Å². The number of nitrogens with zero attached hydrogens (tertiary/aromatic N) is 1. The van der Waals surface area contributed by atoms with Crippen molar-refractivity contribution in [3.8, 4) is 0 Å².